The summed E-state index contributed by atoms with van der Waals surface area (Å²) in [6.45, 7) is 0. The van der Waals surface area contributed by atoms with E-state index in [9.17, 15) is 40.0 Å². The van der Waals surface area contributed by atoms with Crippen LogP contribution in [0.2, 0.25) is 0 Å². The number of H-pyrrole nitrogens is 2. The van der Waals surface area contributed by atoms with Gasteiger partial charge in [-0.2, -0.15) is 0 Å². The zero-order chi connectivity index (χ0) is 28.8. The Morgan fingerprint density at radius 3 is 1.48 bits per heavy atom. The average molecular weight is 550 g/mol. The molecule has 4 rings (SSSR count). The van der Waals surface area contributed by atoms with Crippen LogP contribution >= 0.6 is 0 Å². The molecule has 0 aliphatic carbocycles. The molecule has 0 aliphatic heterocycles. The lowest BCUT2D eigenvalue weighted by Crippen LogP contribution is -1.94. The first-order chi connectivity index (χ1) is 19.1. The van der Waals surface area contributed by atoms with Gasteiger partial charge in [0.1, 0.15) is 0 Å². The Bertz CT molecular complexity index is 1560. The number of nitro groups is 2. The molecule has 0 unspecified atom stereocenters. The maximum atomic E-state index is 12.1. The number of nitrogens with zero attached hydrogens (tertiary/aromatic N) is 6. The highest BCUT2D eigenvalue weighted by molar-refractivity contribution is 5.96. The minimum atomic E-state index is -0.587. The van der Waals surface area contributed by atoms with Crippen LogP contribution in [-0.4, -0.2) is 41.8 Å². The summed E-state index contributed by atoms with van der Waals surface area (Å²) in [5, 5.41) is 57.2. The number of fused-ring (bicyclic) bond motifs is 2. The average Bonchev–Trinajstić information content (AvgIpc) is 3.41. The summed E-state index contributed by atoms with van der Waals surface area (Å²) in [7, 11) is 0. The number of aromatic amines is 2. The Morgan fingerprint density at radius 1 is 0.700 bits per heavy atom. The number of aromatic hydroxyl groups is 2. The molecule has 2 aromatic heterocycles. The van der Waals surface area contributed by atoms with Gasteiger partial charge in [0.15, 0.2) is 11.4 Å². The number of rotatable bonds is 11. The summed E-state index contributed by atoms with van der Waals surface area (Å²) in [4.78, 5) is 50.2. The summed E-state index contributed by atoms with van der Waals surface area (Å²) in [6.07, 6.45) is 2.33. The van der Waals surface area contributed by atoms with Gasteiger partial charge in [0.25, 0.3) is 23.2 Å². The van der Waals surface area contributed by atoms with Gasteiger partial charge in [-0.3, -0.25) is 29.8 Å². The van der Waals surface area contributed by atoms with Crippen molar-refractivity contribution in [2.45, 2.75) is 38.5 Å². The Hall–Kier alpha value is -5.54. The van der Waals surface area contributed by atoms with E-state index >= 15 is 0 Å². The van der Waals surface area contributed by atoms with Crippen LogP contribution in [0.25, 0.3) is 21.8 Å². The molecule has 0 bridgehead atoms. The van der Waals surface area contributed by atoms with Crippen molar-refractivity contribution in [3.63, 3.8) is 0 Å². The number of hydrogen-bond donors (Lipinski definition) is 4. The van der Waals surface area contributed by atoms with Crippen molar-refractivity contribution in [1.29, 1.82) is 0 Å². The van der Waals surface area contributed by atoms with Gasteiger partial charge < -0.3 is 20.2 Å². The van der Waals surface area contributed by atoms with E-state index in [4.69, 9.17) is 0 Å². The van der Waals surface area contributed by atoms with Crippen molar-refractivity contribution < 1.29 is 29.6 Å². The molecule has 4 N–H and O–H groups in total. The molecule has 0 radical (unpaired) electrons. The highest BCUT2D eigenvalue weighted by Gasteiger charge is 2.16. The Labute approximate surface area is 223 Å². The van der Waals surface area contributed by atoms with Crippen molar-refractivity contribution in [2.24, 2.45) is 20.5 Å². The number of nitro benzene ring substituents is 2. The van der Waals surface area contributed by atoms with E-state index in [2.05, 4.69) is 30.4 Å². The summed E-state index contributed by atoms with van der Waals surface area (Å²) in [5.74, 6) is -1.81. The molecule has 0 atom stereocenters. The number of nitrogens with one attached hydrogen (secondary N) is 2. The molecule has 0 fully saturated rings. The van der Waals surface area contributed by atoms with E-state index in [1.54, 1.807) is 0 Å². The molecule has 2 heterocycles. The maximum absolute atomic E-state index is 12.1. The van der Waals surface area contributed by atoms with Crippen LogP contribution in [-0.2, 0) is 9.59 Å². The van der Waals surface area contributed by atoms with Gasteiger partial charge in [0, 0.05) is 47.9 Å². The van der Waals surface area contributed by atoms with Gasteiger partial charge in [-0.25, -0.2) is 0 Å². The van der Waals surface area contributed by atoms with Gasteiger partial charge in [-0.05, 0) is 25.0 Å². The molecule has 16 nitrogen and oxygen atoms in total. The number of hydrogen-bond acceptors (Lipinski definition) is 10. The fourth-order valence-corrected chi connectivity index (χ4v) is 3.95. The molecule has 0 aliphatic rings. The number of carbonyl (C=O) groups is 2. The highest BCUT2D eigenvalue weighted by atomic mass is 16.6. The Balaban J connectivity index is 1.22. The largest absolute Gasteiger partial charge is 0.493 e. The topological polar surface area (TPSA) is 242 Å². The Morgan fingerprint density at radius 2 is 1.10 bits per heavy atom. The molecular formula is C24H22N8O8. The standard InChI is InChI=1S/C24H22N8O8/c33-19(27-29-21-15-11-13(31(37)38)7-9-17(15)25-23(21)35)5-3-1-2-4-6-20(34)28-30-22-16-12-14(32(39)40)8-10-18(16)26-24(22)36/h7-12,25-26,35-36H,1-6H2. The molecule has 4 aromatic rings. The van der Waals surface area contributed by atoms with E-state index in [0.29, 0.717) is 36.7 Å². The fourth-order valence-electron chi connectivity index (χ4n) is 3.95. The molecule has 0 saturated heterocycles. The first-order valence-corrected chi connectivity index (χ1v) is 12.0. The number of unbranched alkanes of at least 4 members (excludes halogenated alkanes) is 3. The minimum absolute atomic E-state index is 0.0705. The molecule has 206 valence electrons. The van der Waals surface area contributed by atoms with Crippen molar-refractivity contribution >= 4 is 56.4 Å². The molecule has 40 heavy (non-hydrogen) atoms. The van der Waals surface area contributed by atoms with Gasteiger partial charge in [-0.15, -0.1) is 20.5 Å². The number of aromatic nitrogens is 2. The normalized spacial score (nSPS) is 11.7. The van der Waals surface area contributed by atoms with Gasteiger partial charge in [0.05, 0.1) is 20.9 Å². The second kappa shape index (κ2) is 11.9. The summed E-state index contributed by atoms with van der Waals surface area (Å²) in [5.41, 5.74) is 0.271. The van der Waals surface area contributed by atoms with Crippen LogP contribution in [0.5, 0.6) is 11.8 Å². The lowest BCUT2D eigenvalue weighted by molar-refractivity contribution is -0.384. The number of amides is 2. The van der Waals surface area contributed by atoms with Crippen molar-refractivity contribution in [3.8, 4) is 11.8 Å². The molecule has 0 saturated carbocycles. The monoisotopic (exact) mass is 550 g/mol. The van der Waals surface area contributed by atoms with Crippen LogP contribution in [0.15, 0.2) is 56.9 Å². The van der Waals surface area contributed by atoms with Crippen LogP contribution in [0.1, 0.15) is 38.5 Å². The van der Waals surface area contributed by atoms with Gasteiger partial charge >= 0.3 is 0 Å². The van der Waals surface area contributed by atoms with Crippen LogP contribution in [0.4, 0.5) is 22.7 Å². The number of carbonyl (C=O) groups excluding carboxylic acids is 2. The second-order valence-electron chi connectivity index (χ2n) is 8.72. The third-order valence-electron chi connectivity index (χ3n) is 5.95. The second-order valence-corrected chi connectivity index (χ2v) is 8.72. The van der Waals surface area contributed by atoms with Gasteiger partial charge in [0.2, 0.25) is 11.8 Å². The zero-order valence-electron chi connectivity index (χ0n) is 20.7. The van der Waals surface area contributed by atoms with Gasteiger partial charge in [-0.1, -0.05) is 12.8 Å². The third kappa shape index (κ3) is 6.29. The minimum Gasteiger partial charge on any atom is -0.493 e. The third-order valence-corrected chi connectivity index (χ3v) is 5.95. The highest BCUT2D eigenvalue weighted by Crippen LogP contribution is 2.38. The summed E-state index contributed by atoms with van der Waals surface area (Å²) < 4.78 is 0. The van der Waals surface area contributed by atoms with Crippen molar-refractivity contribution in [1.82, 2.24) is 9.97 Å². The molecule has 16 heteroatoms. The quantitative estimate of drug-likeness (QED) is 0.0729. The summed E-state index contributed by atoms with van der Waals surface area (Å²) in [6, 6.07) is 7.82. The van der Waals surface area contributed by atoms with E-state index in [1.807, 2.05) is 0 Å². The van der Waals surface area contributed by atoms with E-state index in [1.165, 1.54) is 36.4 Å². The zero-order valence-corrected chi connectivity index (χ0v) is 20.7. The first kappa shape index (κ1) is 27.5. The summed E-state index contributed by atoms with van der Waals surface area (Å²) >= 11 is 0. The molecular weight excluding hydrogens is 528 g/mol. The SMILES string of the molecule is O=C(CCCCCCC(=O)N=Nc1c(O)[nH]c2ccc([N+](=O)[O-])cc12)N=Nc1c(O)[nH]c2ccc([N+](=O)[O-])cc12. The molecule has 0 spiro atoms. The number of azo groups is 2. The first-order valence-electron chi connectivity index (χ1n) is 12.0. The fraction of sp³-hybridized carbons (Fsp3) is 0.250. The molecule has 2 amide bonds. The predicted molar refractivity (Wildman–Crippen MR) is 140 cm³/mol. The van der Waals surface area contributed by atoms with Crippen molar-refractivity contribution in [2.75, 3.05) is 0 Å². The molecule has 2 aromatic carbocycles. The van der Waals surface area contributed by atoms with E-state index in [0.717, 1.165) is 0 Å². The van der Waals surface area contributed by atoms with E-state index in [-0.39, 0.29) is 58.1 Å². The lowest BCUT2D eigenvalue weighted by Gasteiger charge is -1.98. The number of non-ortho nitro benzene ring substituents is 2. The lowest BCUT2D eigenvalue weighted by atomic mass is 10.1. The van der Waals surface area contributed by atoms with Crippen LogP contribution < -0.4 is 0 Å². The maximum Gasteiger partial charge on any atom is 0.270 e. The van der Waals surface area contributed by atoms with Crippen LogP contribution in [0.3, 0.4) is 0 Å². The number of benzene rings is 2. The van der Waals surface area contributed by atoms with E-state index < -0.39 is 21.7 Å². The van der Waals surface area contributed by atoms with Crippen LogP contribution in [0, 0.1) is 20.2 Å². The predicted octanol–water partition coefficient (Wildman–Crippen LogP) is 6.14. The van der Waals surface area contributed by atoms with Crippen molar-refractivity contribution in [3.05, 3.63) is 56.6 Å². The smallest absolute Gasteiger partial charge is 0.270 e. The Kier molecular flexibility index (Phi) is 8.17.